The summed E-state index contributed by atoms with van der Waals surface area (Å²) in [4.78, 5) is 13.9. The highest BCUT2D eigenvalue weighted by Crippen LogP contribution is 2.29. The van der Waals surface area contributed by atoms with Gasteiger partial charge in [-0.25, -0.2) is 0 Å². The van der Waals surface area contributed by atoms with Crippen LogP contribution in [0.1, 0.15) is 32.6 Å². The molecule has 0 spiro atoms. The van der Waals surface area contributed by atoms with Gasteiger partial charge in [0, 0.05) is 25.2 Å². The Kier molecular flexibility index (Phi) is 7.40. The fourth-order valence-electron chi connectivity index (χ4n) is 2.18. The lowest BCUT2D eigenvalue weighted by Gasteiger charge is -2.32. The van der Waals surface area contributed by atoms with Crippen LogP contribution >= 0.6 is 24.8 Å². The SMILES string of the molecule is C[C@H](N)C(=O)NC1CCN(C2CC2)CC1.Cl.Cl. The third-order valence-corrected chi connectivity index (χ3v) is 3.35. The Morgan fingerprint density at radius 1 is 1.24 bits per heavy atom. The van der Waals surface area contributed by atoms with Crippen LogP contribution in [0.4, 0.5) is 0 Å². The van der Waals surface area contributed by atoms with Crippen molar-refractivity contribution >= 4 is 30.7 Å². The summed E-state index contributed by atoms with van der Waals surface area (Å²) in [6.45, 7) is 4.00. The number of rotatable bonds is 3. The molecular weight excluding hydrogens is 261 g/mol. The molecule has 0 unspecified atom stereocenters. The molecule has 0 aromatic rings. The van der Waals surface area contributed by atoms with E-state index >= 15 is 0 Å². The minimum atomic E-state index is -0.383. The van der Waals surface area contributed by atoms with Crippen molar-refractivity contribution in [3.05, 3.63) is 0 Å². The van der Waals surface area contributed by atoms with Crippen molar-refractivity contribution in [3.8, 4) is 0 Å². The molecule has 1 aliphatic heterocycles. The van der Waals surface area contributed by atoms with E-state index in [1.807, 2.05) is 0 Å². The molecule has 102 valence electrons. The summed E-state index contributed by atoms with van der Waals surface area (Å²) in [7, 11) is 0. The minimum Gasteiger partial charge on any atom is -0.352 e. The zero-order chi connectivity index (χ0) is 10.8. The van der Waals surface area contributed by atoms with E-state index in [-0.39, 0.29) is 36.8 Å². The molecule has 6 heteroatoms. The lowest BCUT2D eigenvalue weighted by Crippen LogP contribution is -2.49. The highest BCUT2D eigenvalue weighted by atomic mass is 35.5. The number of nitrogens with zero attached hydrogens (tertiary/aromatic N) is 1. The van der Waals surface area contributed by atoms with Crippen molar-refractivity contribution in [3.63, 3.8) is 0 Å². The van der Waals surface area contributed by atoms with Crippen molar-refractivity contribution in [2.75, 3.05) is 13.1 Å². The van der Waals surface area contributed by atoms with Gasteiger partial charge in [0.15, 0.2) is 0 Å². The van der Waals surface area contributed by atoms with Crippen molar-refractivity contribution < 1.29 is 4.79 Å². The van der Waals surface area contributed by atoms with Crippen molar-refractivity contribution in [2.24, 2.45) is 5.73 Å². The van der Waals surface area contributed by atoms with E-state index in [1.54, 1.807) is 6.92 Å². The van der Waals surface area contributed by atoms with Crippen LogP contribution in [-0.4, -0.2) is 42.0 Å². The molecule has 17 heavy (non-hydrogen) atoms. The number of hydrogen-bond acceptors (Lipinski definition) is 3. The summed E-state index contributed by atoms with van der Waals surface area (Å²) in [5.41, 5.74) is 5.52. The predicted molar refractivity (Wildman–Crippen MR) is 73.9 cm³/mol. The molecular formula is C11H23Cl2N3O. The molecule has 3 N–H and O–H groups in total. The molecule has 0 bridgehead atoms. The molecule has 2 fully saturated rings. The van der Waals surface area contributed by atoms with Crippen LogP contribution in [0.3, 0.4) is 0 Å². The number of carbonyl (C=O) groups is 1. The molecule has 2 rings (SSSR count). The van der Waals surface area contributed by atoms with E-state index in [1.165, 1.54) is 12.8 Å². The van der Waals surface area contributed by atoms with Gasteiger partial charge in [0.1, 0.15) is 0 Å². The van der Waals surface area contributed by atoms with Gasteiger partial charge in [-0.2, -0.15) is 0 Å². The van der Waals surface area contributed by atoms with Gasteiger partial charge in [-0.15, -0.1) is 24.8 Å². The Balaban J connectivity index is 0.00000128. The first kappa shape index (κ1) is 17.0. The molecule has 1 aliphatic carbocycles. The van der Waals surface area contributed by atoms with Crippen LogP contribution < -0.4 is 11.1 Å². The summed E-state index contributed by atoms with van der Waals surface area (Å²) < 4.78 is 0. The van der Waals surface area contributed by atoms with E-state index < -0.39 is 0 Å². The number of halogens is 2. The number of piperidine rings is 1. The standard InChI is InChI=1S/C11H21N3O.2ClH/c1-8(12)11(15)13-9-4-6-14(7-5-9)10-2-3-10;;/h8-10H,2-7,12H2,1H3,(H,13,15);2*1H/t8-;;/m0../s1. The van der Waals surface area contributed by atoms with Crippen LogP contribution in [0, 0.1) is 0 Å². The van der Waals surface area contributed by atoms with Gasteiger partial charge in [0.2, 0.25) is 5.91 Å². The molecule has 4 nitrogen and oxygen atoms in total. The summed E-state index contributed by atoms with van der Waals surface area (Å²) in [5, 5.41) is 3.01. The first-order chi connectivity index (χ1) is 7.16. The summed E-state index contributed by atoms with van der Waals surface area (Å²) in [6.07, 6.45) is 4.90. The normalized spacial score (nSPS) is 23.2. The lowest BCUT2D eigenvalue weighted by atomic mass is 10.0. The number of nitrogens with two attached hydrogens (primary N) is 1. The van der Waals surface area contributed by atoms with Crippen LogP contribution in [0.25, 0.3) is 0 Å². The Morgan fingerprint density at radius 3 is 2.18 bits per heavy atom. The molecule has 1 atom stereocenters. The van der Waals surface area contributed by atoms with Gasteiger partial charge >= 0.3 is 0 Å². The van der Waals surface area contributed by atoms with Crippen molar-refractivity contribution in [1.29, 1.82) is 0 Å². The van der Waals surface area contributed by atoms with Gasteiger partial charge in [-0.3, -0.25) is 4.79 Å². The third kappa shape index (κ3) is 5.00. The van der Waals surface area contributed by atoms with E-state index in [0.717, 1.165) is 32.0 Å². The molecule has 0 aromatic carbocycles. The van der Waals surface area contributed by atoms with Gasteiger partial charge in [-0.1, -0.05) is 0 Å². The zero-order valence-corrected chi connectivity index (χ0v) is 11.9. The van der Waals surface area contributed by atoms with Crippen LogP contribution in [0.2, 0.25) is 0 Å². The number of nitrogens with one attached hydrogen (secondary N) is 1. The second-order valence-electron chi connectivity index (χ2n) is 4.84. The quantitative estimate of drug-likeness (QED) is 0.810. The van der Waals surface area contributed by atoms with Crippen molar-refractivity contribution in [1.82, 2.24) is 10.2 Å². The van der Waals surface area contributed by atoms with Crippen LogP contribution in [0.15, 0.2) is 0 Å². The first-order valence-corrected chi connectivity index (χ1v) is 5.97. The molecule has 0 radical (unpaired) electrons. The number of carbonyl (C=O) groups excluding carboxylic acids is 1. The van der Waals surface area contributed by atoms with Crippen molar-refractivity contribution in [2.45, 2.75) is 50.7 Å². The maximum Gasteiger partial charge on any atom is 0.236 e. The first-order valence-electron chi connectivity index (χ1n) is 5.97. The molecule has 1 heterocycles. The predicted octanol–water partition coefficient (Wildman–Crippen LogP) is 0.920. The summed E-state index contributed by atoms with van der Waals surface area (Å²) in [6, 6.07) is 0.819. The topological polar surface area (TPSA) is 58.4 Å². The van der Waals surface area contributed by atoms with E-state index in [0.29, 0.717) is 6.04 Å². The van der Waals surface area contributed by atoms with Crippen LogP contribution in [0.5, 0.6) is 0 Å². The minimum absolute atomic E-state index is 0. The monoisotopic (exact) mass is 283 g/mol. The maximum atomic E-state index is 11.4. The number of hydrogen-bond donors (Lipinski definition) is 2. The lowest BCUT2D eigenvalue weighted by molar-refractivity contribution is -0.123. The highest BCUT2D eigenvalue weighted by Gasteiger charge is 2.32. The smallest absolute Gasteiger partial charge is 0.236 e. The van der Waals surface area contributed by atoms with Gasteiger partial charge < -0.3 is 16.0 Å². The van der Waals surface area contributed by atoms with E-state index in [9.17, 15) is 4.79 Å². The Morgan fingerprint density at radius 2 is 1.76 bits per heavy atom. The van der Waals surface area contributed by atoms with E-state index in [4.69, 9.17) is 5.73 Å². The largest absolute Gasteiger partial charge is 0.352 e. The maximum absolute atomic E-state index is 11.4. The third-order valence-electron chi connectivity index (χ3n) is 3.35. The van der Waals surface area contributed by atoms with Gasteiger partial charge in [0.05, 0.1) is 6.04 Å². The average Bonchev–Trinajstić information content (AvgIpc) is 3.02. The molecule has 2 aliphatic rings. The second kappa shape index (κ2) is 7.41. The second-order valence-corrected chi connectivity index (χ2v) is 4.84. The summed E-state index contributed by atoms with van der Waals surface area (Å²) in [5.74, 6) is -0.0140. The molecule has 1 saturated heterocycles. The number of likely N-dealkylation sites (tertiary alicyclic amines) is 1. The van der Waals surface area contributed by atoms with Gasteiger partial charge in [-0.05, 0) is 32.6 Å². The fourth-order valence-corrected chi connectivity index (χ4v) is 2.18. The fraction of sp³-hybridized carbons (Fsp3) is 0.909. The number of amides is 1. The van der Waals surface area contributed by atoms with Gasteiger partial charge in [0.25, 0.3) is 0 Å². The summed E-state index contributed by atoms with van der Waals surface area (Å²) >= 11 is 0. The zero-order valence-electron chi connectivity index (χ0n) is 10.2. The Bertz CT molecular complexity index is 239. The Labute approximate surface area is 115 Å². The Hall–Kier alpha value is -0.0300. The molecule has 0 aromatic heterocycles. The van der Waals surface area contributed by atoms with Crippen LogP contribution in [-0.2, 0) is 4.79 Å². The average molecular weight is 284 g/mol. The highest BCUT2D eigenvalue weighted by molar-refractivity contribution is 5.85. The molecule has 1 saturated carbocycles. The molecule has 1 amide bonds. The van der Waals surface area contributed by atoms with E-state index in [2.05, 4.69) is 10.2 Å².